The fraction of sp³-hybridized carbons (Fsp3) is 0.625. The maximum absolute atomic E-state index is 10.0. The van der Waals surface area contributed by atoms with Crippen molar-refractivity contribution in [2.24, 2.45) is 0 Å². The molecule has 1 heterocycles. The summed E-state index contributed by atoms with van der Waals surface area (Å²) >= 11 is 0. The Morgan fingerprint density at radius 1 is 1.05 bits per heavy atom. The second kappa shape index (κ2) is 12.1. The third-order valence-electron chi connectivity index (χ3n) is 3.80. The maximum atomic E-state index is 10.0. The normalized spacial score (nSPS) is 17.4. The van der Waals surface area contributed by atoms with Gasteiger partial charge >= 0.3 is 0 Å². The van der Waals surface area contributed by atoms with Gasteiger partial charge in [-0.3, -0.25) is 4.90 Å². The molecule has 1 aliphatic rings. The summed E-state index contributed by atoms with van der Waals surface area (Å²) in [5.74, 6) is 0. The van der Waals surface area contributed by atoms with E-state index in [1.807, 2.05) is 30.3 Å². The quantitative estimate of drug-likeness (QED) is 0.536. The Labute approximate surface area is 146 Å². The highest BCUT2D eigenvalue weighted by Gasteiger charge is 2.18. The van der Waals surface area contributed by atoms with Crippen LogP contribution in [0, 0.1) is 0 Å². The molecule has 0 aliphatic carbocycles. The minimum absolute atomic E-state index is 0. The second-order valence-corrected chi connectivity index (χ2v) is 5.39. The summed E-state index contributed by atoms with van der Waals surface area (Å²) in [5.41, 5.74) is 1.15. The van der Waals surface area contributed by atoms with E-state index in [4.69, 9.17) is 4.74 Å². The van der Waals surface area contributed by atoms with Gasteiger partial charge < -0.3 is 39.6 Å². The van der Waals surface area contributed by atoms with Gasteiger partial charge in [-0.25, -0.2) is 0 Å². The number of piperazine rings is 1. The van der Waals surface area contributed by atoms with Crippen LogP contribution < -0.4 is 24.8 Å². The maximum Gasteiger partial charge on any atom is 0.0900 e. The fourth-order valence-corrected chi connectivity index (χ4v) is 2.53. The van der Waals surface area contributed by atoms with Gasteiger partial charge in [-0.1, -0.05) is 37.3 Å². The lowest BCUT2D eigenvalue weighted by Gasteiger charge is -2.34. The highest BCUT2D eigenvalue weighted by molar-refractivity contribution is 5.13. The van der Waals surface area contributed by atoms with Crippen LogP contribution in [0.5, 0.6) is 0 Å². The van der Waals surface area contributed by atoms with Crippen LogP contribution in [0.25, 0.3) is 0 Å². The lowest BCUT2D eigenvalue weighted by Crippen LogP contribution is -3.00. The average molecular weight is 349 g/mol. The van der Waals surface area contributed by atoms with Crippen molar-refractivity contribution in [2.75, 3.05) is 45.9 Å². The molecule has 0 saturated carbocycles. The molecule has 1 fully saturated rings. The largest absolute Gasteiger partial charge is 1.00 e. The second-order valence-electron chi connectivity index (χ2n) is 5.39. The first-order chi connectivity index (χ1) is 9.78. The van der Waals surface area contributed by atoms with E-state index in [0.29, 0.717) is 19.8 Å². The number of halogens is 2. The highest BCUT2D eigenvalue weighted by atomic mass is 35.5. The first-order valence-electron chi connectivity index (χ1n) is 7.52. The van der Waals surface area contributed by atoms with E-state index in [1.54, 1.807) is 0 Å². The molecule has 2 rings (SSSR count). The molecule has 0 aromatic heterocycles. The van der Waals surface area contributed by atoms with E-state index >= 15 is 0 Å². The van der Waals surface area contributed by atoms with Crippen molar-refractivity contribution in [2.45, 2.75) is 19.6 Å². The van der Waals surface area contributed by atoms with Crippen molar-refractivity contribution in [3.05, 3.63) is 35.9 Å². The van der Waals surface area contributed by atoms with Crippen LogP contribution in [-0.4, -0.2) is 66.9 Å². The summed E-state index contributed by atoms with van der Waals surface area (Å²) in [6, 6.07) is 10.1. The van der Waals surface area contributed by atoms with Crippen molar-refractivity contribution < 1.29 is 34.7 Å². The molecule has 1 atom stereocenters. The number of hydrogen-bond acceptors (Lipinski definition) is 4. The third kappa shape index (κ3) is 7.77. The van der Waals surface area contributed by atoms with Crippen LogP contribution in [0.3, 0.4) is 0 Å². The number of aliphatic hydroxyl groups excluding tert-OH is 1. The van der Waals surface area contributed by atoms with Gasteiger partial charge in [0, 0.05) is 32.7 Å². The first kappa shape index (κ1) is 21.6. The Balaban J connectivity index is 0.00000220. The number of hydrogen-bond donors (Lipinski definition) is 1. The Morgan fingerprint density at radius 2 is 1.64 bits per heavy atom. The minimum atomic E-state index is -0.396. The van der Waals surface area contributed by atoms with Gasteiger partial charge in [0.05, 0.1) is 19.3 Å². The van der Waals surface area contributed by atoms with Crippen molar-refractivity contribution in [1.29, 1.82) is 0 Å². The summed E-state index contributed by atoms with van der Waals surface area (Å²) in [6.07, 6.45) is -0.396. The van der Waals surface area contributed by atoms with Crippen molar-refractivity contribution in [3.8, 4) is 0 Å². The SMILES string of the molecule is CCN1CCN(CC(O)COCc2ccccc2)CC1.[Cl-].[Cl-]. The van der Waals surface area contributed by atoms with E-state index < -0.39 is 6.10 Å². The molecule has 6 heteroatoms. The van der Waals surface area contributed by atoms with Gasteiger partial charge in [0.1, 0.15) is 0 Å². The van der Waals surface area contributed by atoms with E-state index in [1.165, 1.54) is 0 Å². The monoisotopic (exact) mass is 348 g/mol. The average Bonchev–Trinajstić information content (AvgIpc) is 2.49. The van der Waals surface area contributed by atoms with Crippen LogP contribution >= 0.6 is 0 Å². The molecule has 1 aromatic carbocycles. The third-order valence-corrected chi connectivity index (χ3v) is 3.80. The summed E-state index contributed by atoms with van der Waals surface area (Å²) in [6.45, 7) is 9.31. The smallest absolute Gasteiger partial charge is 0.0900 e. The van der Waals surface area contributed by atoms with Crippen LogP contribution in [-0.2, 0) is 11.3 Å². The summed E-state index contributed by atoms with van der Waals surface area (Å²) in [4.78, 5) is 4.76. The molecule has 0 spiro atoms. The minimum Gasteiger partial charge on any atom is -1.00 e. The van der Waals surface area contributed by atoms with Crippen LogP contribution in [0.1, 0.15) is 12.5 Å². The predicted octanol–water partition coefficient (Wildman–Crippen LogP) is -4.79. The van der Waals surface area contributed by atoms with Gasteiger partial charge in [0.2, 0.25) is 0 Å². The number of β-amino-alcohol motifs (C(OH)–C–C–N with tert-alkyl or cyclic N) is 1. The Morgan fingerprint density at radius 3 is 2.23 bits per heavy atom. The Kier molecular flexibility index (Phi) is 11.9. The number of ether oxygens (including phenoxy) is 1. The molecule has 1 N–H and O–H groups in total. The fourth-order valence-electron chi connectivity index (χ4n) is 2.53. The highest BCUT2D eigenvalue weighted by Crippen LogP contribution is 2.04. The van der Waals surface area contributed by atoms with E-state index in [-0.39, 0.29) is 24.8 Å². The van der Waals surface area contributed by atoms with Gasteiger partial charge in [-0.2, -0.15) is 0 Å². The van der Waals surface area contributed by atoms with Gasteiger partial charge in [0.15, 0.2) is 0 Å². The lowest BCUT2D eigenvalue weighted by molar-refractivity contribution is -0.001000. The molecule has 0 bridgehead atoms. The number of rotatable bonds is 7. The van der Waals surface area contributed by atoms with Gasteiger partial charge in [-0.15, -0.1) is 0 Å². The predicted molar refractivity (Wildman–Crippen MR) is 80.7 cm³/mol. The Bertz CT molecular complexity index is 374. The van der Waals surface area contributed by atoms with E-state index in [2.05, 4.69) is 16.7 Å². The molecule has 22 heavy (non-hydrogen) atoms. The van der Waals surface area contributed by atoms with Crippen LogP contribution in [0.15, 0.2) is 30.3 Å². The number of aliphatic hydroxyl groups is 1. The number of likely N-dealkylation sites (N-methyl/N-ethyl adjacent to an activating group) is 1. The van der Waals surface area contributed by atoms with Gasteiger partial charge in [-0.05, 0) is 12.1 Å². The zero-order chi connectivity index (χ0) is 14.2. The lowest BCUT2D eigenvalue weighted by atomic mass is 10.2. The van der Waals surface area contributed by atoms with Crippen LogP contribution in [0.4, 0.5) is 0 Å². The zero-order valence-corrected chi connectivity index (χ0v) is 14.6. The number of nitrogens with zero attached hydrogens (tertiary/aromatic N) is 2. The molecule has 128 valence electrons. The van der Waals surface area contributed by atoms with Crippen LogP contribution in [0.2, 0.25) is 0 Å². The molecule has 1 aliphatic heterocycles. The summed E-state index contributed by atoms with van der Waals surface area (Å²) in [7, 11) is 0. The van der Waals surface area contributed by atoms with E-state index in [9.17, 15) is 5.11 Å². The molecule has 0 radical (unpaired) electrons. The molecule has 1 unspecified atom stereocenters. The topological polar surface area (TPSA) is 35.9 Å². The molecule has 4 nitrogen and oxygen atoms in total. The zero-order valence-electron chi connectivity index (χ0n) is 13.1. The van der Waals surface area contributed by atoms with E-state index in [0.717, 1.165) is 38.3 Å². The molecule has 1 aromatic rings. The number of benzene rings is 1. The summed E-state index contributed by atoms with van der Waals surface area (Å²) in [5, 5.41) is 10.0. The first-order valence-corrected chi connectivity index (χ1v) is 7.52. The summed E-state index contributed by atoms with van der Waals surface area (Å²) < 4.78 is 5.58. The molecular weight excluding hydrogens is 323 g/mol. The van der Waals surface area contributed by atoms with Crippen molar-refractivity contribution in [3.63, 3.8) is 0 Å². The molecule has 1 saturated heterocycles. The van der Waals surface area contributed by atoms with Crippen molar-refractivity contribution in [1.82, 2.24) is 9.80 Å². The Hall–Kier alpha value is -0.360. The molecular formula is C16H26Cl2N2O2-2. The molecule has 0 amide bonds. The van der Waals surface area contributed by atoms with Gasteiger partial charge in [0.25, 0.3) is 0 Å². The van der Waals surface area contributed by atoms with Crippen molar-refractivity contribution >= 4 is 0 Å². The standard InChI is InChI=1S/C16H26N2O2.2ClH/c1-2-17-8-10-18(11-9-17)12-16(19)14-20-13-15-6-4-3-5-7-15;;/h3-7,16,19H,2,8-14H2,1H3;2*1H/p-2.